The van der Waals surface area contributed by atoms with E-state index >= 15 is 0 Å². The number of aliphatic hydroxyl groups is 1. The van der Waals surface area contributed by atoms with Crippen molar-refractivity contribution in [3.8, 4) is 0 Å². The number of carbonyl (C=O) groups excluding carboxylic acids is 2. The van der Waals surface area contributed by atoms with Gasteiger partial charge in [-0.2, -0.15) is 0 Å². The van der Waals surface area contributed by atoms with Crippen LogP contribution in [0.4, 0.5) is 0 Å². The van der Waals surface area contributed by atoms with Crippen LogP contribution in [0.1, 0.15) is 16.1 Å². The first-order chi connectivity index (χ1) is 9.00. The number of carbonyl (C=O) groups is 2. The number of primary amides is 1. The third kappa shape index (κ3) is 2.58. The van der Waals surface area contributed by atoms with Crippen LogP contribution in [0.25, 0.3) is 11.0 Å². The first-order valence-corrected chi connectivity index (χ1v) is 5.74. The van der Waals surface area contributed by atoms with E-state index in [1.807, 2.05) is 18.2 Å². The van der Waals surface area contributed by atoms with Crippen LogP contribution >= 0.6 is 0 Å². The summed E-state index contributed by atoms with van der Waals surface area (Å²) in [6.07, 6.45) is -1.41. The number of amides is 2. The molecule has 0 fully saturated rings. The molecular formula is C13H14N2O4. The van der Waals surface area contributed by atoms with Gasteiger partial charge in [-0.1, -0.05) is 18.2 Å². The Kier molecular flexibility index (Phi) is 3.52. The van der Waals surface area contributed by atoms with Gasteiger partial charge in [0.2, 0.25) is 5.91 Å². The number of nitrogens with two attached hydrogens (primary N) is 1. The average molecular weight is 262 g/mol. The van der Waals surface area contributed by atoms with Crippen molar-refractivity contribution in [1.29, 1.82) is 0 Å². The zero-order valence-corrected chi connectivity index (χ0v) is 10.3. The number of para-hydroxylation sites is 1. The molecule has 6 nitrogen and oxygen atoms in total. The molecule has 0 aliphatic rings. The highest BCUT2D eigenvalue weighted by molar-refractivity contribution is 5.99. The topological polar surface area (TPSA) is 106 Å². The molecule has 100 valence electrons. The predicted molar refractivity (Wildman–Crippen MR) is 68.5 cm³/mol. The van der Waals surface area contributed by atoms with Crippen LogP contribution in [-0.4, -0.2) is 29.6 Å². The smallest absolute Gasteiger partial charge is 0.287 e. The fraction of sp³-hybridized carbons (Fsp3) is 0.231. The molecule has 1 atom stereocenters. The standard InChI is InChI=1S/C13H14N2O4/c1-7-8-4-2-3-5-10(8)19-11(7)13(18)15-6-9(16)12(14)17/h2-5,9,16H,6H2,1H3,(H2,14,17)(H,15,18). The lowest BCUT2D eigenvalue weighted by molar-refractivity contribution is -0.125. The summed E-state index contributed by atoms with van der Waals surface area (Å²) in [5, 5.41) is 12.5. The van der Waals surface area contributed by atoms with Crippen molar-refractivity contribution < 1.29 is 19.1 Å². The largest absolute Gasteiger partial charge is 0.451 e. The fourth-order valence-electron chi connectivity index (χ4n) is 1.76. The van der Waals surface area contributed by atoms with E-state index < -0.39 is 17.9 Å². The Labute approximate surface area is 109 Å². The molecular weight excluding hydrogens is 248 g/mol. The Morgan fingerprint density at radius 2 is 2.11 bits per heavy atom. The van der Waals surface area contributed by atoms with Gasteiger partial charge in [0.05, 0.1) is 6.54 Å². The molecule has 0 bridgehead atoms. The number of hydrogen-bond acceptors (Lipinski definition) is 4. The molecule has 0 aliphatic heterocycles. The van der Waals surface area contributed by atoms with Crippen molar-refractivity contribution in [3.63, 3.8) is 0 Å². The van der Waals surface area contributed by atoms with E-state index in [9.17, 15) is 14.7 Å². The summed E-state index contributed by atoms with van der Waals surface area (Å²) in [6, 6.07) is 7.27. The molecule has 0 aliphatic carbocycles. The van der Waals surface area contributed by atoms with Crippen molar-refractivity contribution in [2.24, 2.45) is 5.73 Å². The van der Waals surface area contributed by atoms with E-state index in [0.29, 0.717) is 11.1 Å². The normalized spacial score (nSPS) is 12.3. The van der Waals surface area contributed by atoms with Gasteiger partial charge in [-0.15, -0.1) is 0 Å². The van der Waals surface area contributed by atoms with E-state index in [1.165, 1.54) is 0 Å². The molecule has 2 rings (SSSR count). The Bertz CT molecular complexity index is 633. The third-order valence-corrected chi connectivity index (χ3v) is 2.83. The second-order valence-corrected chi connectivity index (χ2v) is 4.18. The molecule has 4 N–H and O–H groups in total. The number of fused-ring (bicyclic) bond motifs is 1. The molecule has 0 radical (unpaired) electrons. The number of furan rings is 1. The van der Waals surface area contributed by atoms with Crippen LogP contribution in [0.15, 0.2) is 28.7 Å². The SMILES string of the molecule is Cc1c(C(=O)NCC(O)C(N)=O)oc2ccccc12. The highest BCUT2D eigenvalue weighted by atomic mass is 16.3. The van der Waals surface area contributed by atoms with E-state index in [-0.39, 0.29) is 12.3 Å². The lowest BCUT2D eigenvalue weighted by Gasteiger charge is -2.07. The average Bonchev–Trinajstić information content (AvgIpc) is 2.73. The summed E-state index contributed by atoms with van der Waals surface area (Å²) in [4.78, 5) is 22.5. The van der Waals surface area contributed by atoms with E-state index in [0.717, 1.165) is 5.39 Å². The molecule has 1 aromatic heterocycles. The van der Waals surface area contributed by atoms with Gasteiger partial charge in [0, 0.05) is 10.9 Å². The van der Waals surface area contributed by atoms with Crippen molar-refractivity contribution in [1.82, 2.24) is 5.32 Å². The molecule has 1 aromatic carbocycles. The van der Waals surface area contributed by atoms with Gasteiger partial charge >= 0.3 is 0 Å². The van der Waals surface area contributed by atoms with Crippen LogP contribution < -0.4 is 11.1 Å². The number of benzene rings is 1. The summed E-state index contributed by atoms with van der Waals surface area (Å²) < 4.78 is 5.44. The number of nitrogens with one attached hydrogen (secondary N) is 1. The molecule has 1 heterocycles. The lowest BCUT2D eigenvalue weighted by atomic mass is 10.1. The van der Waals surface area contributed by atoms with Gasteiger partial charge in [0.1, 0.15) is 11.7 Å². The van der Waals surface area contributed by atoms with Crippen molar-refractivity contribution >= 4 is 22.8 Å². The molecule has 1 unspecified atom stereocenters. The van der Waals surface area contributed by atoms with Crippen LogP contribution in [0, 0.1) is 6.92 Å². The molecule has 2 amide bonds. The highest BCUT2D eigenvalue weighted by Gasteiger charge is 2.19. The highest BCUT2D eigenvalue weighted by Crippen LogP contribution is 2.24. The summed E-state index contributed by atoms with van der Waals surface area (Å²) >= 11 is 0. The molecule has 0 spiro atoms. The predicted octanol–water partition coefficient (Wildman–Crippen LogP) is 0.317. The van der Waals surface area contributed by atoms with Crippen LogP contribution in [-0.2, 0) is 4.79 Å². The van der Waals surface area contributed by atoms with Crippen LogP contribution in [0.2, 0.25) is 0 Å². The number of aliphatic hydroxyl groups excluding tert-OH is 1. The summed E-state index contributed by atoms with van der Waals surface area (Å²) in [6.45, 7) is 1.52. The maximum absolute atomic E-state index is 11.9. The van der Waals surface area contributed by atoms with Gasteiger partial charge in [0.15, 0.2) is 5.76 Å². The Morgan fingerprint density at radius 3 is 2.74 bits per heavy atom. The molecule has 19 heavy (non-hydrogen) atoms. The second kappa shape index (κ2) is 5.11. The van der Waals surface area contributed by atoms with Gasteiger partial charge < -0.3 is 20.6 Å². The van der Waals surface area contributed by atoms with Gasteiger partial charge in [-0.25, -0.2) is 0 Å². The monoisotopic (exact) mass is 262 g/mol. The van der Waals surface area contributed by atoms with Gasteiger partial charge in [0.25, 0.3) is 5.91 Å². The van der Waals surface area contributed by atoms with Crippen LogP contribution in [0.3, 0.4) is 0 Å². The number of hydrogen-bond donors (Lipinski definition) is 3. The molecule has 6 heteroatoms. The second-order valence-electron chi connectivity index (χ2n) is 4.18. The van der Waals surface area contributed by atoms with Crippen LogP contribution in [0.5, 0.6) is 0 Å². The maximum Gasteiger partial charge on any atom is 0.287 e. The Hall–Kier alpha value is -2.34. The quantitative estimate of drug-likeness (QED) is 0.737. The third-order valence-electron chi connectivity index (χ3n) is 2.83. The van der Waals surface area contributed by atoms with Crippen molar-refractivity contribution in [2.45, 2.75) is 13.0 Å². The van der Waals surface area contributed by atoms with E-state index in [2.05, 4.69) is 5.32 Å². The molecule has 0 saturated heterocycles. The van der Waals surface area contributed by atoms with E-state index in [4.69, 9.17) is 10.2 Å². The summed E-state index contributed by atoms with van der Waals surface area (Å²) in [5.74, 6) is -1.21. The molecule has 2 aromatic rings. The first kappa shape index (κ1) is 13.1. The number of aryl methyl sites for hydroxylation is 1. The zero-order chi connectivity index (χ0) is 14.0. The molecule has 0 saturated carbocycles. The Morgan fingerprint density at radius 1 is 1.42 bits per heavy atom. The minimum atomic E-state index is -1.41. The lowest BCUT2D eigenvalue weighted by Crippen LogP contribution is -2.40. The van der Waals surface area contributed by atoms with Gasteiger partial charge in [-0.3, -0.25) is 9.59 Å². The minimum absolute atomic E-state index is 0.165. The van der Waals surface area contributed by atoms with Crippen molar-refractivity contribution in [2.75, 3.05) is 6.54 Å². The number of rotatable bonds is 4. The van der Waals surface area contributed by atoms with E-state index in [1.54, 1.807) is 13.0 Å². The first-order valence-electron chi connectivity index (χ1n) is 5.74. The summed E-state index contributed by atoms with van der Waals surface area (Å²) in [5.41, 5.74) is 6.21. The summed E-state index contributed by atoms with van der Waals surface area (Å²) in [7, 11) is 0. The minimum Gasteiger partial charge on any atom is -0.451 e. The van der Waals surface area contributed by atoms with Gasteiger partial charge in [-0.05, 0) is 13.0 Å². The maximum atomic E-state index is 11.9. The fourth-order valence-corrected chi connectivity index (χ4v) is 1.76. The Balaban J connectivity index is 2.18. The van der Waals surface area contributed by atoms with Crippen molar-refractivity contribution in [3.05, 3.63) is 35.6 Å². The zero-order valence-electron chi connectivity index (χ0n) is 10.3.